The molecule has 0 aliphatic carbocycles. The van der Waals surface area contributed by atoms with Gasteiger partial charge in [0.1, 0.15) is 5.75 Å². The molecule has 5 heteroatoms. The smallest absolute Gasteiger partial charge is 0.258 e. The van der Waals surface area contributed by atoms with E-state index in [1.807, 2.05) is 0 Å². The summed E-state index contributed by atoms with van der Waals surface area (Å²) in [6.45, 7) is 1.77. The summed E-state index contributed by atoms with van der Waals surface area (Å²) >= 11 is 5.94. The van der Waals surface area contributed by atoms with Crippen molar-refractivity contribution in [2.75, 3.05) is 17.7 Å². The summed E-state index contributed by atoms with van der Waals surface area (Å²) in [6, 6.07) is 9.59. The maximum atomic E-state index is 12.5. The van der Waals surface area contributed by atoms with Crippen LogP contribution in [0.15, 0.2) is 36.4 Å². The molecule has 0 aromatic heterocycles. The third-order valence-electron chi connectivity index (χ3n) is 3.10. The van der Waals surface area contributed by atoms with E-state index in [1.165, 1.54) is 11.0 Å². The summed E-state index contributed by atoms with van der Waals surface area (Å²) < 4.78 is 0. The highest BCUT2D eigenvalue weighted by atomic mass is 35.5. The first-order valence-corrected chi connectivity index (χ1v) is 6.40. The van der Waals surface area contributed by atoms with Crippen LogP contribution in [0.5, 0.6) is 5.75 Å². The number of amides is 1. The van der Waals surface area contributed by atoms with Crippen molar-refractivity contribution in [1.82, 2.24) is 0 Å². The Morgan fingerprint density at radius 1 is 1.25 bits per heavy atom. The van der Waals surface area contributed by atoms with Crippen LogP contribution in [-0.2, 0) is 0 Å². The van der Waals surface area contributed by atoms with Gasteiger partial charge in [0.05, 0.1) is 11.4 Å². The van der Waals surface area contributed by atoms with Gasteiger partial charge in [0.25, 0.3) is 5.91 Å². The molecule has 0 radical (unpaired) electrons. The summed E-state index contributed by atoms with van der Waals surface area (Å²) in [6.07, 6.45) is 0. The molecule has 0 aliphatic heterocycles. The molecule has 0 spiro atoms. The molecule has 0 saturated heterocycles. The van der Waals surface area contributed by atoms with Crippen LogP contribution in [0.2, 0.25) is 5.02 Å². The van der Waals surface area contributed by atoms with E-state index in [-0.39, 0.29) is 11.7 Å². The van der Waals surface area contributed by atoms with Crippen LogP contribution in [0.1, 0.15) is 15.9 Å². The molecule has 0 aliphatic rings. The molecule has 1 amide bonds. The standard InChI is InChI=1S/C15H15ClN2O2/c1-9-7-11(19)4-5-12(9)15(20)18(2)14-8-10(16)3-6-13(14)17/h3-8,19H,17H2,1-2H3. The lowest BCUT2D eigenvalue weighted by molar-refractivity contribution is 0.0992. The summed E-state index contributed by atoms with van der Waals surface area (Å²) in [5.74, 6) is -0.0829. The number of rotatable bonds is 2. The highest BCUT2D eigenvalue weighted by Gasteiger charge is 2.18. The largest absolute Gasteiger partial charge is 0.508 e. The number of benzene rings is 2. The van der Waals surface area contributed by atoms with E-state index >= 15 is 0 Å². The Kier molecular flexibility index (Phi) is 3.86. The second kappa shape index (κ2) is 5.43. The molecule has 0 saturated carbocycles. The number of nitrogens with zero attached hydrogens (tertiary/aromatic N) is 1. The Morgan fingerprint density at radius 2 is 1.95 bits per heavy atom. The molecule has 0 bridgehead atoms. The highest BCUT2D eigenvalue weighted by molar-refractivity contribution is 6.31. The van der Waals surface area contributed by atoms with Crippen molar-refractivity contribution in [1.29, 1.82) is 0 Å². The summed E-state index contributed by atoms with van der Waals surface area (Å²) in [5.41, 5.74) is 8.10. The third-order valence-corrected chi connectivity index (χ3v) is 3.33. The van der Waals surface area contributed by atoms with E-state index in [9.17, 15) is 9.90 Å². The molecule has 20 heavy (non-hydrogen) atoms. The lowest BCUT2D eigenvalue weighted by Gasteiger charge is -2.20. The van der Waals surface area contributed by atoms with Crippen LogP contribution in [-0.4, -0.2) is 18.1 Å². The molecule has 104 valence electrons. The predicted octanol–water partition coefficient (Wildman–Crippen LogP) is 3.21. The summed E-state index contributed by atoms with van der Waals surface area (Å²) in [5, 5.41) is 9.90. The van der Waals surface area contributed by atoms with Crippen LogP contribution in [0, 0.1) is 6.92 Å². The average Bonchev–Trinajstić information content (AvgIpc) is 2.40. The van der Waals surface area contributed by atoms with Crippen molar-refractivity contribution in [2.45, 2.75) is 6.92 Å². The molecule has 3 N–H and O–H groups in total. The number of aryl methyl sites for hydroxylation is 1. The molecule has 0 fully saturated rings. The van der Waals surface area contributed by atoms with Gasteiger partial charge in [-0.05, 0) is 48.9 Å². The Balaban J connectivity index is 2.40. The average molecular weight is 291 g/mol. The van der Waals surface area contributed by atoms with Crippen molar-refractivity contribution in [3.05, 3.63) is 52.5 Å². The molecule has 0 heterocycles. The van der Waals surface area contributed by atoms with Gasteiger partial charge in [-0.15, -0.1) is 0 Å². The first kappa shape index (κ1) is 14.2. The molecular formula is C15H15ClN2O2. The number of halogens is 1. The Morgan fingerprint density at radius 3 is 2.60 bits per heavy atom. The topological polar surface area (TPSA) is 66.6 Å². The third kappa shape index (κ3) is 2.70. The summed E-state index contributed by atoms with van der Waals surface area (Å²) in [7, 11) is 1.64. The second-order valence-corrected chi connectivity index (χ2v) is 5.00. The fourth-order valence-electron chi connectivity index (χ4n) is 1.99. The van der Waals surface area contributed by atoms with Gasteiger partial charge in [0, 0.05) is 17.6 Å². The molecular weight excluding hydrogens is 276 g/mol. The predicted molar refractivity (Wildman–Crippen MR) is 81.4 cm³/mol. The SMILES string of the molecule is Cc1cc(O)ccc1C(=O)N(C)c1cc(Cl)ccc1N. The number of phenols is 1. The minimum absolute atomic E-state index is 0.129. The first-order valence-electron chi connectivity index (χ1n) is 6.03. The lowest BCUT2D eigenvalue weighted by atomic mass is 10.1. The summed E-state index contributed by atoms with van der Waals surface area (Å²) in [4.78, 5) is 13.9. The van der Waals surface area contributed by atoms with Crippen molar-refractivity contribution in [3.8, 4) is 5.75 Å². The van der Waals surface area contributed by atoms with Crippen molar-refractivity contribution >= 4 is 28.9 Å². The second-order valence-electron chi connectivity index (χ2n) is 4.57. The van der Waals surface area contributed by atoms with E-state index in [1.54, 1.807) is 44.3 Å². The van der Waals surface area contributed by atoms with Crippen LogP contribution in [0.3, 0.4) is 0 Å². The molecule has 2 aromatic rings. The zero-order valence-corrected chi connectivity index (χ0v) is 12.0. The van der Waals surface area contributed by atoms with Crippen molar-refractivity contribution in [2.24, 2.45) is 0 Å². The Bertz CT molecular complexity index is 671. The minimum atomic E-state index is -0.212. The zero-order chi connectivity index (χ0) is 14.9. The molecule has 2 rings (SSSR count). The monoisotopic (exact) mass is 290 g/mol. The molecule has 4 nitrogen and oxygen atoms in total. The maximum absolute atomic E-state index is 12.5. The van der Waals surface area contributed by atoms with Crippen molar-refractivity contribution < 1.29 is 9.90 Å². The van der Waals surface area contributed by atoms with E-state index in [4.69, 9.17) is 17.3 Å². The van der Waals surface area contributed by atoms with Crippen LogP contribution in [0.4, 0.5) is 11.4 Å². The number of nitrogen functional groups attached to an aromatic ring is 1. The van der Waals surface area contributed by atoms with Crippen LogP contribution >= 0.6 is 11.6 Å². The number of hydrogen-bond donors (Lipinski definition) is 2. The Labute approximate surface area is 122 Å². The van der Waals surface area contributed by atoms with E-state index < -0.39 is 0 Å². The minimum Gasteiger partial charge on any atom is -0.508 e. The number of aromatic hydroxyl groups is 1. The van der Waals surface area contributed by atoms with Gasteiger partial charge < -0.3 is 15.7 Å². The number of carbonyl (C=O) groups excluding carboxylic acids is 1. The highest BCUT2D eigenvalue weighted by Crippen LogP contribution is 2.28. The number of hydrogen-bond acceptors (Lipinski definition) is 3. The first-order chi connectivity index (χ1) is 9.40. The fraction of sp³-hybridized carbons (Fsp3) is 0.133. The number of anilines is 2. The van der Waals surface area contributed by atoms with E-state index in [2.05, 4.69) is 0 Å². The number of nitrogens with two attached hydrogens (primary N) is 1. The Hall–Kier alpha value is -2.20. The quantitative estimate of drug-likeness (QED) is 0.835. The maximum Gasteiger partial charge on any atom is 0.258 e. The van der Waals surface area contributed by atoms with Gasteiger partial charge in [-0.1, -0.05) is 11.6 Å². The van der Waals surface area contributed by atoms with Gasteiger partial charge in [0.15, 0.2) is 0 Å². The molecule has 0 atom stereocenters. The fourth-order valence-corrected chi connectivity index (χ4v) is 2.15. The normalized spacial score (nSPS) is 10.3. The van der Waals surface area contributed by atoms with Crippen molar-refractivity contribution in [3.63, 3.8) is 0 Å². The lowest BCUT2D eigenvalue weighted by Crippen LogP contribution is -2.27. The molecule has 2 aromatic carbocycles. The van der Waals surface area contributed by atoms with E-state index in [0.29, 0.717) is 27.5 Å². The van der Waals surface area contributed by atoms with Crippen LogP contribution in [0.25, 0.3) is 0 Å². The number of carbonyl (C=O) groups is 1. The number of phenolic OH excluding ortho intramolecular Hbond substituents is 1. The van der Waals surface area contributed by atoms with Gasteiger partial charge >= 0.3 is 0 Å². The van der Waals surface area contributed by atoms with Gasteiger partial charge in [0.2, 0.25) is 0 Å². The van der Waals surface area contributed by atoms with Gasteiger partial charge in [-0.25, -0.2) is 0 Å². The van der Waals surface area contributed by atoms with E-state index in [0.717, 1.165) is 0 Å². The van der Waals surface area contributed by atoms with Gasteiger partial charge in [-0.3, -0.25) is 4.79 Å². The molecule has 0 unspecified atom stereocenters. The zero-order valence-electron chi connectivity index (χ0n) is 11.2. The van der Waals surface area contributed by atoms with Crippen LogP contribution < -0.4 is 10.6 Å². The van der Waals surface area contributed by atoms with Gasteiger partial charge in [-0.2, -0.15) is 0 Å².